The molecule has 3 nitrogen and oxygen atoms in total. The number of nitrogens with zero attached hydrogens (tertiary/aromatic N) is 1. The number of rotatable bonds is 5. The molecule has 0 saturated carbocycles. The summed E-state index contributed by atoms with van der Waals surface area (Å²) in [4.78, 5) is 14.1. The van der Waals surface area contributed by atoms with Crippen molar-refractivity contribution in [1.29, 1.82) is 0 Å². The monoisotopic (exact) mass is 303 g/mol. The molecule has 1 aliphatic rings. The first-order valence-corrected chi connectivity index (χ1v) is 6.73. The summed E-state index contributed by atoms with van der Waals surface area (Å²) >= 11 is 5.93. The van der Waals surface area contributed by atoms with Gasteiger partial charge in [-0.05, 0) is 12.5 Å². The van der Waals surface area contributed by atoms with Gasteiger partial charge in [-0.1, -0.05) is 30.3 Å². The van der Waals surface area contributed by atoms with Crippen molar-refractivity contribution in [2.75, 3.05) is 25.6 Å². The normalized spacial score (nSPS) is 17.2. The number of hydrogen-bond acceptors (Lipinski definition) is 3. The van der Waals surface area contributed by atoms with Crippen LogP contribution < -0.4 is 0 Å². The Hall–Kier alpha value is -0.770. The van der Waals surface area contributed by atoms with Crippen molar-refractivity contribution >= 4 is 30.0 Å². The molecule has 0 unspecified atom stereocenters. The zero-order valence-corrected chi connectivity index (χ0v) is 12.5. The Labute approximate surface area is 125 Å². The van der Waals surface area contributed by atoms with Crippen LogP contribution in [-0.2, 0) is 16.1 Å². The molecule has 0 aromatic heterocycles. The van der Waals surface area contributed by atoms with Crippen LogP contribution >= 0.6 is 24.0 Å². The molecular weight excluding hydrogens is 285 g/mol. The Morgan fingerprint density at radius 3 is 2.53 bits per heavy atom. The third-order valence-corrected chi connectivity index (χ3v) is 3.78. The van der Waals surface area contributed by atoms with Crippen molar-refractivity contribution in [1.82, 2.24) is 4.90 Å². The SMILES string of the molecule is CCOC(=O)C1(CCl)CN(Cc2ccccc2)C1.Cl. The Balaban J connectivity index is 0.00000180. The number of halogens is 2. The zero-order chi connectivity index (χ0) is 13.0. The third-order valence-electron chi connectivity index (χ3n) is 3.27. The van der Waals surface area contributed by atoms with Gasteiger partial charge in [-0.15, -0.1) is 24.0 Å². The van der Waals surface area contributed by atoms with Crippen LogP contribution in [0.2, 0.25) is 0 Å². The maximum absolute atomic E-state index is 11.8. The molecular formula is C14H19Cl2NO2. The molecule has 1 saturated heterocycles. The van der Waals surface area contributed by atoms with Crippen LogP contribution in [0.5, 0.6) is 0 Å². The van der Waals surface area contributed by atoms with Crippen LogP contribution in [0.1, 0.15) is 12.5 Å². The van der Waals surface area contributed by atoms with Gasteiger partial charge in [0.1, 0.15) is 5.41 Å². The topological polar surface area (TPSA) is 29.5 Å². The second kappa shape index (κ2) is 7.13. The van der Waals surface area contributed by atoms with E-state index < -0.39 is 5.41 Å². The summed E-state index contributed by atoms with van der Waals surface area (Å²) < 4.78 is 5.09. The lowest BCUT2D eigenvalue weighted by atomic mass is 9.81. The van der Waals surface area contributed by atoms with Crippen molar-refractivity contribution in [3.8, 4) is 0 Å². The standard InChI is InChI=1S/C14H18ClNO2.ClH/c1-2-18-13(17)14(9-15)10-16(11-14)8-12-6-4-3-5-7-12;/h3-7H,2,8-11H2,1H3;1H. The van der Waals surface area contributed by atoms with Crippen LogP contribution in [0.15, 0.2) is 30.3 Å². The number of carbonyl (C=O) groups is 1. The fourth-order valence-electron chi connectivity index (χ4n) is 2.32. The van der Waals surface area contributed by atoms with Gasteiger partial charge >= 0.3 is 5.97 Å². The summed E-state index contributed by atoms with van der Waals surface area (Å²) in [6.45, 7) is 4.46. The molecule has 1 fully saturated rings. The molecule has 106 valence electrons. The van der Waals surface area contributed by atoms with E-state index in [0.29, 0.717) is 25.6 Å². The molecule has 5 heteroatoms. The Morgan fingerprint density at radius 2 is 2.00 bits per heavy atom. The molecule has 0 radical (unpaired) electrons. The van der Waals surface area contributed by atoms with Crippen molar-refractivity contribution in [3.05, 3.63) is 35.9 Å². The average Bonchev–Trinajstić information content (AvgIpc) is 2.35. The number of ether oxygens (including phenoxy) is 1. The molecule has 19 heavy (non-hydrogen) atoms. The van der Waals surface area contributed by atoms with Crippen LogP contribution in [-0.4, -0.2) is 36.4 Å². The van der Waals surface area contributed by atoms with E-state index in [9.17, 15) is 4.79 Å². The summed E-state index contributed by atoms with van der Waals surface area (Å²) in [6.07, 6.45) is 0. The first-order valence-electron chi connectivity index (χ1n) is 6.19. The van der Waals surface area contributed by atoms with Crippen LogP contribution in [0, 0.1) is 5.41 Å². The maximum atomic E-state index is 11.8. The minimum atomic E-state index is -0.494. The maximum Gasteiger partial charge on any atom is 0.315 e. The number of likely N-dealkylation sites (tertiary alicyclic amines) is 1. The van der Waals surface area contributed by atoms with E-state index in [0.717, 1.165) is 6.54 Å². The highest BCUT2D eigenvalue weighted by Gasteiger charge is 2.49. The Morgan fingerprint density at radius 1 is 1.37 bits per heavy atom. The minimum absolute atomic E-state index is 0. The van der Waals surface area contributed by atoms with Crippen LogP contribution in [0.4, 0.5) is 0 Å². The van der Waals surface area contributed by atoms with Gasteiger partial charge in [0, 0.05) is 25.5 Å². The van der Waals surface area contributed by atoms with Crippen molar-refractivity contribution in [3.63, 3.8) is 0 Å². The first-order chi connectivity index (χ1) is 8.70. The second-order valence-corrected chi connectivity index (χ2v) is 5.03. The lowest BCUT2D eigenvalue weighted by Gasteiger charge is -2.47. The third kappa shape index (κ3) is 3.62. The van der Waals surface area contributed by atoms with Crippen molar-refractivity contribution in [2.24, 2.45) is 5.41 Å². The number of alkyl halides is 1. The second-order valence-electron chi connectivity index (χ2n) is 4.77. The molecule has 0 bridgehead atoms. The van der Waals surface area contributed by atoms with Crippen molar-refractivity contribution in [2.45, 2.75) is 13.5 Å². The van der Waals surface area contributed by atoms with Gasteiger partial charge in [-0.3, -0.25) is 9.69 Å². The van der Waals surface area contributed by atoms with E-state index in [1.165, 1.54) is 5.56 Å². The lowest BCUT2D eigenvalue weighted by Crippen LogP contribution is -2.61. The summed E-state index contributed by atoms with van der Waals surface area (Å²) in [7, 11) is 0. The van der Waals surface area contributed by atoms with E-state index in [2.05, 4.69) is 17.0 Å². The minimum Gasteiger partial charge on any atom is -0.465 e. The van der Waals surface area contributed by atoms with E-state index in [-0.39, 0.29) is 18.4 Å². The smallest absolute Gasteiger partial charge is 0.315 e. The van der Waals surface area contributed by atoms with Gasteiger partial charge < -0.3 is 4.74 Å². The highest BCUT2D eigenvalue weighted by molar-refractivity contribution is 6.20. The highest BCUT2D eigenvalue weighted by Crippen LogP contribution is 2.34. The van der Waals surface area contributed by atoms with Gasteiger partial charge in [0.25, 0.3) is 0 Å². The molecule has 2 rings (SSSR count). The summed E-state index contributed by atoms with van der Waals surface area (Å²) in [5, 5.41) is 0. The largest absolute Gasteiger partial charge is 0.465 e. The van der Waals surface area contributed by atoms with E-state index in [4.69, 9.17) is 16.3 Å². The molecule has 1 heterocycles. The predicted molar refractivity (Wildman–Crippen MR) is 78.8 cm³/mol. The summed E-state index contributed by atoms with van der Waals surface area (Å²) in [5.41, 5.74) is 0.760. The van der Waals surface area contributed by atoms with Crippen LogP contribution in [0.3, 0.4) is 0 Å². The first kappa shape index (κ1) is 16.3. The van der Waals surface area contributed by atoms with Crippen molar-refractivity contribution < 1.29 is 9.53 Å². The van der Waals surface area contributed by atoms with E-state index >= 15 is 0 Å². The van der Waals surface area contributed by atoms with Crippen LogP contribution in [0.25, 0.3) is 0 Å². The molecule has 0 aliphatic carbocycles. The Kier molecular flexibility index (Phi) is 6.11. The molecule has 1 aromatic carbocycles. The number of esters is 1. The van der Waals surface area contributed by atoms with Gasteiger partial charge in [0.15, 0.2) is 0 Å². The van der Waals surface area contributed by atoms with Gasteiger partial charge in [-0.25, -0.2) is 0 Å². The quantitative estimate of drug-likeness (QED) is 0.619. The highest BCUT2D eigenvalue weighted by atomic mass is 35.5. The van der Waals surface area contributed by atoms with E-state index in [1.54, 1.807) is 0 Å². The summed E-state index contributed by atoms with van der Waals surface area (Å²) in [6, 6.07) is 10.2. The van der Waals surface area contributed by atoms with E-state index in [1.807, 2.05) is 25.1 Å². The number of hydrogen-bond donors (Lipinski definition) is 0. The molecule has 0 N–H and O–H groups in total. The zero-order valence-electron chi connectivity index (χ0n) is 11.0. The van der Waals surface area contributed by atoms with Gasteiger partial charge in [-0.2, -0.15) is 0 Å². The molecule has 0 atom stereocenters. The fraction of sp³-hybridized carbons (Fsp3) is 0.500. The molecule has 0 amide bonds. The molecule has 1 aliphatic heterocycles. The average molecular weight is 304 g/mol. The molecule has 1 aromatic rings. The predicted octanol–water partition coefficient (Wildman–Crippen LogP) is 2.71. The number of benzene rings is 1. The number of carbonyl (C=O) groups excluding carboxylic acids is 1. The summed E-state index contributed by atoms with van der Waals surface area (Å²) in [5.74, 6) is 0.168. The fourth-order valence-corrected chi connectivity index (χ4v) is 2.59. The van der Waals surface area contributed by atoms with Gasteiger partial charge in [0.2, 0.25) is 0 Å². The van der Waals surface area contributed by atoms with Gasteiger partial charge in [0.05, 0.1) is 6.61 Å². The Bertz CT molecular complexity index is 405. The lowest BCUT2D eigenvalue weighted by molar-refractivity contribution is -0.165. The molecule has 0 spiro atoms.